The largest absolute Gasteiger partial charge is 0.460 e. The van der Waals surface area contributed by atoms with Crippen molar-refractivity contribution < 1.29 is 9.53 Å². The average Bonchev–Trinajstić information content (AvgIpc) is 2.38. The van der Waals surface area contributed by atoms with E-state index >= 15 is 0 Å². The molecule has 0 spiro atoms. The molecule has 0 aliphatic heterocycles. The molecular formula is C16H30Cl2O2Si. The lowest BCUT2D eigenvalue weighted by Gasteiger charge is -2.24. The summed E-state index contributed by atoms with van der Waals surface area (Å²) < 4.78 is 5.40. The second-order valence-electron chi connectivity index (χ2n) is 5.89. The van der Waals surface area contributed by atoms with Gasteiger partial charge in [0.1, 0.15) is 5.73 Å². The number of hydrogen-bond donors (Lipinski definition) is 0. The summed E-state index contributed by atoms with van der Waals surface area (Å²) in [6, 6.07) is 0. The van der Waals surface area contributed by atoms with Crippen LogP contribution in [0.2, 0.25) is 6.55 Å². The number of rotatable bonds is 12. The van der Waals surface area contributed by atoms with Gasteiger partial charge in [-0.1, -0.05) is 58.4 Å². The fourth-order valence-corrected chi connectivity index (χ4v) is 4.06. The molecule has 0 aromatic heterocycles. The first-order chi connectivity index (χ1) is 9.79. The number of unbranched alkanes of at least 4 members (excludes halogenated alkanes) is 7. The molecule has 0 heterocycles. The minimum Gasteiger partial charge on any atom is -0.460 e. The van der Waals surface area contributed by atoms with E-state index in [0.29, 0.717) is 5.57 Å². The highest BCUT2D eigenvalue weighted by atomic mass is 35.7. The van der Waals surface area contributed by atoms with E-state index in [2.05, 4.69) is 13.5 Å². The Hall–Kier alpha value is 0.00688. The van der Waals surface area contributed by atoms with Crippen molar-refractivity contribution >= 4 is 34.8 Å². The minimum absolute atomic E-state index is 0.342. The molecule has 1 atom stereocenters. The van der Waals surface area contributed by atoms with Crippen LogP contribution in [0.4, 0.5) is 0 Å². The van der Waals surface area contributed by atoms with Crippen LogP contribution in [-0.2, 0) is 9.53 Å². The first-order valence-corrected chi connectivity index (χ1v) is 12.6. The maximum Gasteiger partial charge on any atom is 0.333 e. The lowest BCUT2D eigenvalue weighted by molar-refractivity contribution is -0.141. The zero-order chi connectivity index (χ0) is 16.3. The molecule has 0 aliphatic carbocycles. The Morgan fingerprint density at radius 2 is 1.57 bits per heavy atom. The monoisotopic (exact) mass is 352 g/mol. The van der Waals surface area contributed by atoms with Crippen LogP contribution in [0.15, 0.2) is 12.2 Å². The van der Waals surface area contributed by atoms with Gasteiger partial charge in [-0.3, -0.25) is 0 Å². The van der Waals surface area contributed by atoms with E-state index in [4.69, 9.17) is 26.9 Å². The summed E-state index contributed by atoms with van der Waals surface area (Å²) in [6.45, 7) is 6.74. The predicted octanol–water partition coefficient (Wildman–Crippen LogP) is 6.09. The van der Waals surface area contributed by atoms with Gasteiger partial charge in [-0.2, -0.15) is 0 Å². The summed E-state index contributed by atoms with van der Waals surface area (Å²) in [5, 5.41) is 0. The van der Waals surface area contributed by atoms with Gasteiger partial charge >= 0.3 is 5.97 Å². The Kier molecular flexibility index (Phi) is 11.6. The number of ether oxygens (including phenoxy) is 1. The molecule has 0 saturated heterocycles. The molecule has 124 valence electrons. The molecule has 0 radical (unpaired) electrons. The molecule has 0 aliphatic rings. The SMILES string of the molecule is C=C(C)C(=O)OC(CCCCCCCCCC)[Si](C)(Cl)Cl. The summed E-state index contributed by atoms with van der Waals surface area (Å²) in [5.41, 5.74) is 0.0487. The zero-order valence-electron chi connectivity index (χ0n) is 13.7. The van der Waals surface area contributed by atoms with E-state index in [0.717, 1.165) is 19.3 Å². The lowest BCUT2D eigenvalue weighted by Crippen LogP contribution is -2.38. The molecule has 0 saturated carbocycles. The van der Waals surface area contributed by atoms with Crippen molar-refractivity contribution in [2.24, 2.45) is 0 Å². The second kappa shape index (κ2) is 11.6. The van der Waals surface area contributed by atoms with Crippen molar-refractivity contribution in [2.45, 2.75) is 83.9 Å². The molecule has 0 rings (SSSR count). The van der Waals surface area contributed by atoms with Crippen LogP contribution in [0.25, 0.3) is 0 Å². The van der Waals surface area contributed by atoms with Crippen LogP contribution in [0.5, 0.6) is 0 Å². The average molecular weight is 353 g/mol. The fourth-order valence-electron chi connectivity index (χ4n) is 2.11. The highest BCUT2D eigenvalue weighted by Gasteiger charge is 2.36. The van der Waals surface area contributed by atoms with Crippen LogP contribution < -0.4 is 0 Å². The molecule has 0 aromatic rings. The van der Waals surface area contributed by atoms with Crippen molar-refractivity contribution in [3.05, 3.63) is 12.2 Å². The van der Waals surface area contributed by atoms with Crippen molar-refractivity contribution in [3.63, 3.8) is 0 Å². The number of carbonyl (C=O) groups excluding carboxylic acids is 1. The van der Waals surface area contributed by atoms with E-state index < -0.39 is 6.69 Å². The van der Waals surface area contributed by atoms with Crippen LogP contribution in [0.1, 0.15) is 71.6 Å². The minimum atomic E-state index is -2.52. The van der Waals surface area contributed by atoms with Gasteiger partial charge in [-0.25, -0.2) is 4.79 Å². The third-order valence-electron chi connectivity index (χ3n) is 3.48. The third kappa shape index (κ3) is 11.3. The summed E-state index contributed by atoms with van der Waals surface area (Å²) in [7, 11) is 0. The van der Waals surface area contributed by atoms with Crippen LogP contribution >= 0.6 is 22.2 Å². The molecule has 2 nitrogen and oxygen atoms in total. The van der Waals surface area contributed by atoms with E-state index in [1.165, 1.54) is 38.5 Å². The molecule has 0 aromatic carbocycles. The van der Waals surface area contributed by atoms with Crippen LogP contribution in [0.3, 0.4) is 0 Å². The molecule has 21 heavy (non-hydrogen) atoms. The summed E-state index contributed by atoms with van der Waals surface area (Å²) in [4.78, 5) is 11.6. The second-order valence-corrected chi connectivity index (χ2v) is 13.7. The van der Waals surface area contributed by atoms with Crippen molar-refractivity contribution in [1.82, 2.24) is 0 Å². The Morgan fingerprint density at radius 1 is 1.10 bits per heavy atom. The number of esters is 1. The van der Waals surface area contributed by atoms with Gasteiger partial charge in [0, 0.05) is 5.57 Å². The maximum absolute atomic E-state index is 11.6. The van der Waals surface area contributed by atoms with Gasteiger partial charge in [0.05, 0.1) is 0 Å². The summed E-state index contributed by atoms with van der Waals surface area (Å²) in [6.07, 6.45) is 10.7. The zero-order valence-corrected chi connectivity index (χ0v) is 16.2. The van der Waals surface area contributed by atoms with E-state index in [1.54, 1.807) is 13.5 Å². The molecule has 0 N–H and O–H groups in total. The molecule has 0 amide bonds. The molecule has 5 heteroatoms. The predicted molar refractivity (Wildman–Crippen MR) is 95.2 cm³/mol. The number of hydrogen-bond acceptors (Lipinski definition) is 2. The van der Waals surface area contributed by atoms with Crippen molar-refractivity contribution in [1.29, 1.82) is 0 Å². The Labute approximate surface area is 140 Å². The smallest absolute Gasteiger partial charge is 0.333 e. The Bertz CT molecular complexity index is 314. The standard InChI is InChI=1S/C16H30Cl2O2Si/c1-5-6-7-8-9-10-11-12-13-15(21(4,17)18)20-16(19)14(2)3/h15H,2,5-13H2,1,3-4H3. The van der Waals surface area contributed by atoms with Gasteiger partial charge < -0.3 is 4.74 Å². The first kappa shape index (κ1) is 21.0. The Balaban J connectivity index is 3.93. The molecule has 0 fully saturated rings. The third-order valence-corrected chi connectivity index (χ3v) is 6.48. The summed E-state index contributed by atoms with van der Waals surface area (Å²) in [5.74, 6) is -0.389. The number of halogens is 2. The molecule has 1 unspecified atom stereocenters. The van der Waals surface area contributed by atoms with E-state index in [1.807, 2.05) is 0 Å². The topological polar surface area (TPSA) is 26.3 Å². The number of carbonyl (C=O) groups is 1. The van der Waals surface area contributed by atoms with Crippen molar-refractivity contribution in [3.8, 4) is 0 Å². The van der Waals surface area contributed by atoms with Gasteiger partial charge in [-0.15, -0.1) is 22.2 Å². The van der Waals surface area contributed by atoms with Gasteiger partial charge in [0.25, 0.3) is 6.69 Å². The molecule has 0 bridgehead atoms. The quantitative estimate of drug-likeness (QED) is 0.139. The van der Waals surface area contributed by atoms with E-state index in [9.17, 15) is 4.79 Å². The van der Waals surface area contributed by atoms with Crippen LogP contribution in [-0.4, -0.2) is 18.4 Å². The Morgan fingerprint density at radius 3 is 2.00 bits per heavy atom. The highest BCUT2D eigenvalue weighted by Crippen LogP contribution is 2.26. The van der Waals surface area contributed by atoms with Gasteiger partial charge in [0.15, 0.2) is 0 Å². The van der Waals surface area contributed by atoms with Gasteiger partial charge in [0.2, 0.25) is 0 Å². The first-order valence-electron chi connectivity index (χ1n) is 8.03. The normalized spacial score (nSPS) is 13.0. The summed E-state index contributed by atoms with van der Waals surface area (Å²) >= 11 is 12.5. The lowest BCUT2D eigenvalue weighted by atomic mass is 10.1. The fraction of sp³-hybridized carbons (Fsp3) is 0.812. The van der Waals surface area contributed by atoms with Gasteiger partial charge in [-0.05, 0) is 26.3 Å². The molecular weight excluding hydrogens is 323 g/mol. The van der Waals surface area contributed by atoms with E-state index in [-0.39, 0.29) is 11.7 Å². The van der Waals surface area contributed by atoms with Crippen LogP contribution in [0, 0.1) is 0 Å². The van der Waals surface area contributed by atoms with Crippen molar-refractivity contribution in [2.75, 3.05) is 0 Å². The maximum atomic E-state index is 11.6. The highest BCUT2D eigenvalue weighted by molar-refractivity contribution is 7.45.